The molecule has 0 radical (unpaired) electrons. The van der Waals surface area contributed by atoms with Crippen LogP contribution >= 0.6 is 0 Å². The Hall–Kier alpha value is -1.62. The second-order valence-electron chi connectivity index (χ2n) is 4.50. The van der Waals surface area contributed by atoms with Crippen molar-refractivity contribution < 1.29 is 0 Å². The summed E-state index contributed by atoms with van der Waals surface area (Å²) < 4.78 is 3.90. The Balaban J connectivity index is 1.88. The number of rotatable bonds is 5. The normalized spacial score (nSPS) is 14.8. The summed E-state index contributed by atoms with van der Waals surface area (Å²) in [6.07, 6.45) is 9.57. The van der Waals surface area contributed by atoms with E-state index in [-0.39, 0.29) is 0 Å². The van der Waals surface area contributed by atoms with Crippen molar-refractivity contribution in [3.8, 4) is 0 Å². The average molecular weight is 233 g/mol. The minimum absolute atomic E-state index is 0.308. The van der Waals surface area contributed by atoms with Gasteiger partial charge in [-0.15, -0.1) is 0 Å². The van der Waals surface area contributed by atoms with Crippen molar-refractivity contribution in [1.82, 2.24) is 24.6 Å². The highest BCUT2D eigenvalue weighted by atomic mass is 15.2. The predicted molar refractivity (Wildman–Crippen MR) is 66.4 cm³/mol. The first-order valence-electron chi connectivity index (χ1n) is 5.85. The smallest absolute Gasteiger partial charge is 0.0946 e. The third kappa shape index (κ3) is 3.17. The molecule has 2 aromatic heterocycles. The summed E-state index contributed by atoms with van der Waals surface area (Å²) in [5.74, 6) is 0. The number of nitrogens with one attached hydrogen (secondary N) is 1. The summed E-state index contributed by atoms with van der Waals surface area (Å²) in [4.78, 5) is 4.04. The van der Waals surface area contributed by atoms with Crippen LogP contribution in [-0.4, -0.2) is 25.4 Å². The minimum atomic E-state index is 0.308. The fraction of sp³-hybridized carbons (Fsp3) is 0.500. The number of nitrogens with zero attached hydrogens (tertiary/aromatic N) is 4. The molecule has 0 saturated carbocycles. The fourth-order valence-corrected chi connectivity index (χ4v) is 1.95. The highest BCUT2D eigenvalue weighted by Crippen LogP contribution is 2.11. The fourth-order valence-electron chi connectivity index (χ4n) is 1.95. The number of hydrogen-bond acceptors (Lipinski definition) is 3. The summed E-state index contributed by atoms with van der Waals surface area (Å²) in [5.41, 5.74) is 1.21. The summed E-state index contributed by atoms with van der Waals surface area (Å²) in [5, 5.41) is 7.73. The molecule has 0 amide bonds. The minimum Gasteiger partial charge on any atom is -0.336 e. The molecule has 2 aromatic rings. The molecule has 0 aliphatic carbocycles. The molecule has 0 spiro atoms. The molecular weight excluding hydrogens is 214 g/mol. The molecule has 0 aromatic carbocycles. The Morgan fingerprint density at radius 2 is 2.24 bits per heavy atom. The Labute approximate surface area is 101 Å². The highest BCUT2D eigenvalue weighted by Gasteiger charge is 2.11. The van der Waals surface area contributed by atoms with Crippen LogP contribution in [0.1, 0.15) is 25.5 Å². The molecule has 5 heteroatoms. The molecule has 1 N–H and O–H groups in total. The second kappa shape index (κ2) is 5.14. The standard InChI is InChI=1S/C12H19N5/c1-10(7-17-5-4-13-9-17)15-11(2)12-6-14-16(3)8-12/h4-6,8-11,15H,7H2,1-3H3. The van der Waals surface area contributed by atoms with Gasteiger partial charge < -0.3 is 9.88 Å². The van der Waals surface area contributed by atoms with Crippen molar-refractivity contribution in [2.45, 2.75) is 32.5 Å². The maximum absolute atomic E-state index is 4.18. The van der Waals surface area contributed by atoms with Crippen LogP contribution < -0.4 is 5.32 Å². The zero-order valence-electron chi connectivity index (χ0n) is 10.5. The third-order valence-corrected chi connectivity index (χ3v) is 2.80. The van der Waals surface area contributed by atoms with Crippen molar-refractivity contribution in [2.75, 3.05) is 0 Å². The molecule has 5 nitrogen and oxygen atoms in total. The van der Waals surface area contributed by atoms with E-state index >= 15 is 0 Å². The third-order valence-electron chi connectivity index (χ3n) is 2.80. The molecular formula is C12H19N5. The van der Waals surface area contributed by atoms with Gasteiger partial charge in [0.2, 0.25) is 0 Å². The summed E-state index contributed by atoms with van der Waals surface area (Å²) in [6, 6.07) is 0.696. The lowest BCUT2D eigenvalue weighted by Crippen LogP contribution is -2.32. The molecule has 2 heterocycles. The Kier molecular flexibility index (Phi) is 3.58. The van der Waals surface area contributed by atoms with Crippen LogP contribution in [0.2, 0.25) is 0 Å². The first-order chi connectivity index (χ1) is 8.15. The van der Waals surface area contributed by atoms with Gasteiger partial charge in [-0.05, 0) is 13.8 Å². The first-order valence-corrected chi connectivity index (χ1v) is 5.85. The first kappa shape index (κ1) is 11.9. The SMILES string of the molecule is CC(Cn1ccnc1)NC(C)c1cnn(C)c1. The van der Waals surface area contributed by atoms with Crippen LogP contribution in [-0.2, 0) is 13.6 Å². The maximum Gasteiger partial charge on any atom is 0.0946 e. The number of aryl methyl sites for hydroxylation is 1. The van der Waals surface area contributed by atoms with Crippen molar-refractivity contribution >= 4 is 0 Å². The van der Waals surface area contributed by atoms with E-state index in [4.69, 9.17) is 0 Å². The van der Waals surface area contributed by atoms with E-state index in [0.717, 1.165) is 6.54 Å². The summed E-state index contributed by atoms with van der Waals surface area (Å²) in [6.45, 7) is 5.25. The van der Waals surface area contributed by atoms with Crippen LogP contribution in [0.5, 0.6) is 0 Å². The maximum atomic E-state index is 4.18. The van der Waals surface area contributed by atoms with Gasteiger partial charge in [0.1, 0.15) is 0 Å². The van der Waals surface area contributed by atoms with Gasteiger partial charge in [0.25, 0.3) is 0 Å². The van der Waals surface area contributed by atoms with Gasteiger partial charge in [-0.1, -0.05) is 0 Å². The van der Waals surface area contributed by atoms with Gasteiger partial charge >= 0.3 is 0 Å². The zero-order chi connectivity index (χ0) is 12.3. The van der Waals surface area contributed by atoms with E-state index in [9.17, 15) is 0 Å². The van der Waals surface area contributed by atoms with Crippen LogP contribution in [0, 0.1) is 0 Å². The second-order valence-corrected chi connectivity index (χ2v) is 4.50. The Bertz CT molecular complexity index is 445. The predicted octanol–water partition coefficient (Wildman–Crippen LogP) is 1.36. The van der Waals surface area contributed by atoms with Gasteiger partial charge in [-0.25, -0.2) is 4.98 Å². The molecule has 2 unspecified atom stereocenters. The largest absolute Gasteiger partial charge is 0.336 e. The lowest BCUT2D eigenvalue weighted by molar-refractivity contribution is 0.430. The van der Waals surface area contributed by atoms with Crippen molar-refractivity contribution in [2.24, 2.45) is 7.05 Å². The van der Waals surface area contributed by atoms with E-state index in [1.165, 1.54) is 5.56 Å². The molecule has 2 atom stereocenters. The van der Waals surface area contributed by atoms with Crippen LogP contribution in [0.25, 0.3) is 0 Å². The molecule has 17 heavy (non-hydrogen) atoms. The Morgan fingerprint density at radius 3 is 2.82 bits per heavy atom. The molecule has 0 fully saturated rings. The molecule has 92 valence electrons. The van der Waals surface area contributed by atoms with E-state index in [2.05, 4.69) is 33.8 Å². The lowest BCUT2D eigenvalue weighted by Gasteiger charge is -2.19. The Morgan fingerprint density at radius 1 is 1.41 bits per heavy atom. The van der Waals surface area contributed by atoms with Crippen molar-refractivity contribution in [1.29, 1.82) is 0 Å². The van der Waals surface area contributed by atoms with Crippen LogP contribution in [0.15, 0.2) is 31.1 Å². The van der Waals surface area contributed by atoms with Gasteiger partial charge in [-0.2, -0.15) is 5.10 Å². The van der Waals surface area contributed by atoms with E-state index < -0.39 is 0 Å². The lowest BCUT2D eigenvalue weighted by atomic mass is 10.1. The topological polar surface area (TPSA) is 47.7 Å². The van der Waals surface area contributed by atoms with Gasteiger partial charge in [0.05, 0.1) is 12.5 Å². The number of aromatic nitrogens is 4. The molecule has 0 aliphatic heterocycles. The average Bonchev–Trinajstić information content (AvgIpc) is 2.89. The van der Waals surface area contributed by atoms with Gasteiger partial charge in [-0.3, -0.25) is 4.68 Å². The molecule has 0 bridgehead atoms. The quantitative estimate of drug-likeness (QED) is 0.848. The zero-order valence-corrected chi connectivity index (χ0v) is 10.5. The number of imidazole rings is 1. The van der Waals surface area contributed by atoms with E-state index in [1.54, 1.807) is 6.20 Å². The van der Waals surface area contributed by atoms with E-state index in [0.29, 0.717) is 12.1 Å². The summed E-state index contributed by atoms with van der Waals surface area (Å²) in [7, 11) is 1.94. The molecule has 2 rings (SSSR count). The highest BCUT2D eigenvalue weighted by molar-refractivity contribution is 5.09. The van der Waals surface area contributed by atoms with Gasteiger partial charge in [0, 0.05) is 49.8 Å². The van der Waals surface area contributed by atoms with Crippen LogP contribution in [0.3, 0.4) is 0 Å². The molecule has 0 saturated heterocycles. The van der Waals surface area contributed by atoms with Crippen molar-refractivity contribution in [3.05, 3.63) is 36.7 Å². The van der Waals surface area contributed by atoms with Crippen molar-refractivity contribution in [3.63, 3.8) is 0 Å². The van der Waals surface area contributed by atoms with E-state index in [1.807, 2.05) is 36.6 Å². The van der Waals surface area contributed by atoms with Gasteiger partial charge in [0.15, 0.2) is 0 Å². The monoisotopic (exact) mass is 233 g/mol. The summed E-state index contributed by atoms with van der Waals surface area (Å²) >= 11 is 0. The number of hydrogen-bond donors (Lipinski definition) is 1. The van der Waals surface area contributed by atoms with Crippen LogP contribution in [0.4, 0.5) is 0 Å². The molecule has 0 aliphatic rings.